The molecule has 1 fully saturated rings. The van der Waals surface area contributed by atoms with E-state index in [9.17, 15) is 5.11 Å². The van der Waals surface area contributed by atoms with Gasteiger partial charge in [0.15, 0.2) is 0 Å². The third-order valence-corrected chi connectivity index (χ3v) is 6.92. The summed E-state index contributed by atoms with van der Waals surface area (Å²) in [5.74, 6) is 0. The summed E-state index contributed by atoms with van der Waals surface area (Å²) in [6, 6.07) is 17.7. The van der Waals surface area contributed by atoms with Crippen molar-refractivity contribution in [3.05, 3.63) is 93.5 Å². The average Bonchev–Trinajstić information content (AvgIpc) is 2.84. The van der Waals surface area contributed by atoms with Crippen molar-refractivity contribution in [1.29, 1.82) is 0 Å². The second kappa shape index (κ2) is 11.1. The van der Waals surface area contributed by atoms with Gasteiger partial charge in [0.05, 0.1) is 0 Å². The molecule has 1 N–H and O–H groups in total. The fourth-order valence-electron chi connectivity index (χ4n) is 4.54. The van der Waals surface area contributed by atoms with Crippen LogP contribution < -0.4 is 4.90 Å². The number of anilines is 1. The lowest BCUT2D eigenvalue weighted by molar-refractivity contribution is 0.289. The maximum atomic E-state index is 9.60. The molecule has 0 unspecified atom stereocenters. The number of aliphatic hydroxyl groups excluding tert-OH is 1. The van der Waals surface area contributed by atoms with Gasteiger partial charge in [-0.1, -0.05) is 58.4 Å². The number of hydrogen-bond acceptors (Lipinski definition) is 3. The van der Waals surface area contributed by atoms with Gasteiger partial charge in [-0.2, -0.15) is 0 Å². The zero-order chi connectivity index (χ0) is 22.3. The van der Waals surface area contributed by atoms with Gasteiger partial charge >= 0.3 is 0 Å². The quantitative estimate of drug-likeness (QED) is 0.509. The van der Waals surface area contributed by atoms with Crippen LogP contribution in [-0.4, -0.2) is 49.8 Å². The standard InChI is InChI=1S/C28H33BrN2O/c1-30-17-19-31(20-18-30)26-15-11-24(12-16-26)28(23-9-13-25(29)14-10-23)27(8-5-21-32)22-6-3-2-4-7-22/h3,6-7,9-16,32H,2,4-5,8,17-21H2,1H3/b28-27-. The molecule has 2 aromatic rings. The van der Waals surface area contributed by atoms with E-state index in [0.717, 1.165) is 56.3 Å². The van der Waals surface area contributed by atoms with E-state index in [1.54, 1.807) is 0 Å². The van der Waals surface area contributed by atoms with E-state index in [1.807, 2.05) is 0 Å². The zero-order valence-corrected chi connectivity index (χ0v) is 20.5. The van der Waals surface area contributed by atoms with E-state index in [1.165, 1.54) is 33.5 Å². The summed E-state index contributed by atoms with van der Waals surface area (Å²) in [6.45, 7) is 4.57. The van der Waals surface area contributed by atoms with Gasteiger partial charge in [-0.25, -0.2) is 0 Å². The Morgan fingerprint density at radius 1 is 0.906 bits per heavy atom. The molecular weight excluding hydrogens is 460 g/mol. The number of nitrogens with zero attached hydrogens (tertiary/aromatic N) is 2. The minimum absolute atomic E-state index is 0.205. The lowest BCUT2D eigenvalue weighted by atomic mass is 9.85. The number of allylic oxidation sites excluding steroid dienone is 5. The number of piperazine rings is 1. The van der Waals surface area contributed by atoms with E-state index in [-0.39, 0.29) is 6.61 Å². The van der Waals surface area contributed by atoms with Gasteiger partial charge in [0.1, 0.15) is 0 Å². The predicted molar refractivity (Wildman–Crippen MR) is 139 cm³/mol. The second-order valence-corrected chi connectivity index (χ2v) is 9.58. The maximum Gasteiger partial charge on any atom is 0.0434 e. The van der Waals surface area contributed by atoms with Crippen LogP contribution in [0.25, 0.3) is 5.57 Å². The smallest absolute Gasteiger partial charge is 0.0434 e. The SMILES string of the molecule is CN1CCN(c2ccc(/C(=C(/CCCO)C3=CCCC=C3)c3ccc(Br)cc3)cc2)CC1. The monoisotopic (exact) mass is 492 g/mol. The Hall–Kier alpha value is -2.14. The molecule has 32 heavy (non-hydrogen) atoms. The molecule has 0 spiro atoms. The van der Waals surface area contributed by atoms with Crippen molar-refractivity contribution >= 4 is 27.2 Å². The van der Waals surface area contributed by atoms with Crippen LogP contribution in [0.3, 0.4) is 0 Å². The fraction of sp³-hybridized carbons (Fsp3) is 0.357. The first-order valence-corrected chi connectivity index (χ1v) is 12.5. The van der Waals surface area contributed by atoms with Crippen LogP contribution >= 0.6 is 15.9 Å². The van der Waals surface area contributed by atoms with E-state index in [4.69, 9.17) is 0 Å². The van der Waals surface area contributed by atoms with Gasteiger partial charge in [0.25, 0.3) is 0 Å². The van der Waals surface area contributed by atoms with Crippen LogP contribution in [0.2, 0.25) is 0 Å². The number of rotatable bonds is 7. The molecule has 4 rings (SSSR count). The van der Waals surface area contributed by atoms with Crippen molar-refractivity contribution in [3.63, 3.8) is 0 Å². The van der Waals surface area contributed by atoms with E-state index >= 15 is 0 Å². The molecule has 0 saturated carbocycles. The first kappa shape index (κ1) is 23.0. The maximum absolute atomic E-state index is 9.60. The molecule has 0 aromatic heterocycles. The van der Waals surface area contributed by atoms with Gasteiger partial charge < -0.3 is 14.9 Å². The molecule has 0 bridgehead atoms. The number of benzene rings is 2. The molecular formula is C28H33BrN2O. The van der Waals surface area contributed by atoms with Crippen LogP contribution in [0.5, 0.6) is 0 Å². The van der Waals surface area contributed by atoms with Crippen LogP contribution in [-0.2, 0) is 0 Å². The van der Waals surface area contributed by atoms with Gasteiger partial charge in [0.2, 0.25) is 0 Å². The number of aliphatic hydroxyl groups is 1. The fourth-order valence-corrected chi connectivity index (χ4v) is 4.81. The third kappa shape index (κ3) is 5.61. The lowest BCUT2D eigenvalue weighted by Gasteiger charge is -2.34. The topological polar surface area (TPSA) is 26.7 Å². The Balaban J connectivity index is 1.76. The molecule has 1 saturated heterocycles. The van der Waals surface area contributed by atoms with Crippen molar-refractivity contribution in [2.24, 2.45) is 0 Å². The number of halogens is 1. The van der Waals surface area contributed by atoms with Crippen molar-refractivity contribution in [2.75, 3.05) is 44.7 Å². The molecule has 0 atom stereocenters. The highest BCUT2D eigenvalue weighted by atomic mass is 79.9. The summed E-state index contributed by atoms with van der Waals surface area (Å²) in [5, 5.41) is 9.60. The molecule has 2 aromatic carbocycles. The predicted octanol–water partition coefficient (Wildman–Crippen LogP) is 6.05. The minimum Gasteiger partial charge on any atom is -0.396 e. The van der Waals surface area contributed by atoms with Crippen molar-refractivity contribution in [2.45, 2.75) is 25.7 Å². The zero-order valence-electron chi connectivity index (χ0n) is 18.9. The molecule has 3 nitrogen and oxygen atoms in total. The second-order valence-electron chi connectivity index (χ2n) is 8.66. The molecule has 4 heteroatoms. The minimum atomic E-state index is 0.205. The van der Waals surface area contributed by atoms with Gasteiger partial charge in [-0.15, -0.1) is 0 Å². The molecule has 1 aliphatic carbocycles. The van der Waals surface area contributed by atoms with E-state index in [0.29, 0.717) is 0 Å². The summed E-state index contributed by atoms with van der Waals surface area (Å²) in [5.41, 5.74) is 7.64. The Morgan fingerprint density at radius 3 is 2.16 bits per heavy atom. The van der Waals surface area contributed by atoms with E-state index in [2.05, 4.69) is 99.5 Å². The van der Waals surface area contributed by atoms with Crippen molar-refractivity contribution < 1.29 is 5.11 Å². The summed E-state index contributed by atoms with van der Waals surface area (Å²) < 4.78 is 1.08. The van der Waals surface area contributed by atoms with Crippen LogP contribution in [0.15, 0.2) is 82.4 Å². The molecule has 0 radical (unpaired) electrons. The Kier molecular flexibility index (Phi) is 8.01. The molecule has 168 valence electrons. The molecule has 1 aliphatic heterocycles. The first-order valence-electron chi connectivity index (χ1n) is 11.7. The average molecular weight is 493 g/mol. The molecule has 1 heterocycles. The van der Waals surface area contributed by atoms with Gasteiger partial charge in [0, 0.05) is 42.9 Å². The Bertz CT molecular complexity index is 981. The van der Waals surface area contributed by atoms with Crippen LogP contribution in [0, 0.1) is 0 Å². The number of likely N-dealkylation sites (N-methyl/N-ethyl adjacent to an activating group) is 1. The van der Waals surface area contributed by atoms with Gasteiger partial charge in [-0.05, 0) is 84.8 Å². The summed E-state index contributed by atoms with van der Waals surface area (Å²) in [4.78, 5) is 4.87. The van der Waals surface area contributed by atoms with Gasteiger partial charge in [-0.3, -0.25) is 0 Å². The summed E-state index contributed by atoms with van der Waals surface area (Å²) in [7, 11) is 2.19. The summed E-state index contributed by atoms with van der Waals surface area (Å²) >= 11 is 3.58. The molecule has 0 amide bonds. The highest BCUT2D eigenvalue weighted by molar-refractivity contribution is 9.10. The van der Waals surface area contributed by atoms with Crippen molar-refractivity contribution in [1.82, 2.24) is 4.90 Å². The third-order valence-electron chi connectivity index (χ3n) is 6.39. The normalized spacial score (nSPS) is 17.8. The number of hydrogen-bond donors (Lipinski definition) is 1. The highest BCUT2D eigenvalue weighted by Crippen LogP contribution is 2.36. The Labute approximate surface area is 200 Å². The highest BCUT2D eigenvalue weighted by Gasteiger charge is 2.18. The largest absolute Gasteiger partial charge is 0.396 e. The van der Waals surface area contributed by atoms with E-state index < -0.39 is 0 Å². The molecule has 2 aliphatic rings. The van der Waals surface area contributed by atoms with Crippen LogP contribution in [0.4, 0.5) is 5.69 Å². The Morgan fingerprint density at radius 2 is 1.56 bits per heavy atom. The van der Waals surface area contributed by atoms with Crippen molar-refractivity contribution in [3.8, 4) is 0 Å². The summed E-state index contributed by atoms with van der Waals surface area (Å²) in [6.07, 6.45) is 10.7. The first-order chi connectivity index (χ1) is 15.7. The van der Waals surface area contributed by atoms with Crippen LogP contribution in [0.1, 0.15) is 36.8 Å². The lowest BCUT2D eigenvalue weighted by Crippen LogP contribution is -2.44.